The van der Waals surface area contributed by atoms with Gasteiger partial charge in [0.05, 0.1) is 23.8 Å². The van der Waals surface area contributed by atoms with Crippen molar-refractivity contribution in [2.75, 3.05) is 6.61 Å². The van der Waals surface area contributed by atoms with Gasteiger partial charge in [0.15, 0.2) is 0 Å². The van der Waals surface area contributed by atoms with Crippen molar-refractivity contribution in [3.8, 4) is 16.9 Å². The molecule has 2 atom stereocenters. The number of ether oxygens (including phenoxy) is 1. The molecule has 2 N–H and O–H groups in total. The number of carboxylic acid groups (broad SMARTS) is 1. The minimum absolute atomic E-state index is 0.0605. The van der Waals surface area contributed by atoms with E-state index in [4.69, 9.17) is 4.74 Å². The Labute approximate surface area is 176 Å². The minimum atomic E-state index is -4.60. The molecule has 0 aliphatic carbocycles. The predicted molar refractivity (Wildman–Crippen MR) is 108 cm³/mol. The number of fused-ring (bicyclic) bond motifs is 1. The monoisotopic (exact) mass is 428 g/mol. The van der Waals surface area contributed by atoms with Crippen LogP contribution in [0.4, 0.5) is 13.2 Å². The summed E-state index contributed by atoms with van der Waals surface area (Å²) >= 11 is 0. The lowest BCUT2D eigenvalue weighted by Gasteiger charge is -2.31. The molecule has 1 unspecified atom stereocenters. The van der Waals surface area contributed by atoms with Crippen LogP contribution in [-0.2, 0) is 12.6 Å². The van der Waals surface area contributed by atoms with Gasteiger partial charge in [0.1, 0.15) is 5.75 Å². The summed E-state index contributed by atoms with van der Waals surface area (Å²) in [4.78, 5) is 11.6. The van der Waals surface area contributed by atoms with Crippen molar-refractivity contribution in [2.45, 2.75) is 18.7 Å². The first-order valence-electron chi connectivity index (χ1n) is 9.67. The number of rotatable bonds is 4. The van der Waals surface area contributed by atoms with E-state index in [2.05, 4.69) is 0 Å². The van der Waals surface area contributed by atoms with Crippen molar-refractivity contribution in [3.05, 3.63) is 89.0 Å². The summed E-state index contributed by atoms with van der Waals surface area (Å²) < 4.78 is 45.3. The van der Waals surface area contributed by atoms with E-state index >= 15 is 0 Å². The van der Waals surface area contributed by atoms with Gasteiger partial charge in [-0.15, -0.1) is 0 Å². The summed E-state index contributed by atoms with van der Waals surface area (Å²) in [6, 6.07) is 16.8. The number of aliphatic hydroxyl groups excluding tert-OH is 1. The molecule has 0 fully saturated rings. The van der Waals surface area contributed by atoms with Gasteiger partial charge in [0.2, 0.25) is 0 Å². The summed E-state index contributed by atoms with van der Waals surface area (Å²) in [5.74, 6) is -1.17. The first kappa shape index (κ1) is 20.9. The molecule has 0 bridgehead atoms. The summed E-state index contributed by atoms with van der Waals surface area (Å²) in [6.45, 7) is 0.237. The highest BCUT2D eigenvalue weighted by atomic mass is 19.4. The lowest BCUT2D eigenvalue weighted by molar-refractivity contribution is -0.137. The van der Waals surface area contributed by atoms with Crippen molar-refractivity contribution >= 4 is 5.97 Å². The van der Waals surface area contributed by atoms with Crippen LogP contribution in [0.5, 0.6) is 5.75 Å². The van der Waals surface area contributed by atoms with Crippen molar-refractivity contribution < 1.29 is 32.9 Å². The van der Waals surface area contributed by atoms with Crippen LogP contribution in [0.25, 0.3) is 11.1 Å². The van der Waals surface area contributed by atoms with Gasteiger partial charge in [-0.1, -0.05) is 42.5 Å². The van der Waals surface area contributed by atoms with E-state index in [1.54, 1.807) is 6.07 Å². The SMILES string of the molecule is O=C(O)c1ccc(C(F)(F)F)cc1-c1ccc2c(c1)OCC(Cc1ccccc1)[C@H]2O. The maximum atomic E-state index is 13.2. The first-order chi connectivity index (χ1) is 14.7. The zero-order chi connectivity index (χ0) is 22.2. The molecule has 1 aliphatic rings. The third-order valence-electron chi connectivity index (χ3n) is 5.46. The van der Waals surface area contributed by atoms with E-state index in [1.807, 2.05) is 30.3 Å². The molecule has 7 heteroatoms. The Hall–Kier alpha value is -3.32. The molecular weight excluding hydrogens is 409 g/mol. The molecule has 31 heavy (non-hydrogen) atoms. The van der Waals surface area contributed by atoms with E-state index < -0.39 is 23.8 Å². The number of aliphatic hydroxyl groups is 1. The maximum Gasteiger partial charge on any atom is 0.416 e. The zero-order valence-electron chi connectivity index (χ0n) is 16.3. The highest BCUT2D eigenvalue weighted by Crippen LogP contribution is 2.41. The van der Waals surface area contributed by atoms with Gasteiger partial charge >= 0.3 is 12.1 Å². The second-order valence-electron chi connectivity index (χ2n) is 7.52. The average molecular weight is 428 g/mol. The second kappa shape index (κ2) is 8.07. The number of hydrogen-bond donors (Lipinski definition) is 2. The molecule has 3 aromatic rings. The number of hydrogen-bond acceptors (Lipinski definition) is 3. The Balaban J connectivity index is 1.68. The molecule has 0 aromatic heterocycles. The fourth-order valence-electron chi connectivity index (χ4n) is 3.85. The molecule has 0 radical (unpaired) electrons. The van der Waals surface area contributed by atoms with Crippen molar-refractivity contribution in [1.29, 1.82) is 0 Å². The van der Waals surface area contributed by atoms with Crippen LogP contribution in [0.2, 0.25) is 0 Å². The van der Waals surface area contributed by atoms with E-state index in [0.717, 1.165) is 23.8 Å². The summed E-state index contributed by atoms with van der Waals surface area (Å²) in [5, 5.41) is 20.2. The van der Waals surface area contributed by atoms with Crippen LogP contribution in [-0.4, -0.2) is 22.8 Å². The normalized spacial score (nSPS) is 18.2. The summed E-state index contributed by atoms with van der Waals surface area (Å²) in [6.07, 6.45) is -4.80. The molecule has 0 amide bonds. The number of benzene rings is 3. The molecule has 3 aromatic carbocycles. The Morgan fingerprint density at radius 3 is 2.45 bits per heavy atom. The first-order valence-corrected chi connectivity index (χ1v) is 9.67. The number of aromatic carboxylic acids is 1. The molecule has 0 saturated heterocycles. The lowest BCUT2D eigenvalue weighted by Crippen LogP contribution is -2.27. The quantitative estimate of drug-likeness (QED) is 0.588. The van der Waals surface area contributed by atoms with Gasteiger partial charge in [-0.05, 0) is 47.4 Å². The Kier molecular flexibility index (Phi) is 5.45. The molecule has 0 spiro atoms. The van der Waals surface area contributed by atoms with E-state index in [-0.39, 0.29) is 29.2 Å². The third-order valence-corrected chi connectivity index (χ3v) is 5.46. The highest BCUT2D eigenvalue weighted by Gasteiger charge is 2.33. The minimum Gasteiger partial charge on any atom is -0.493 e. The second-order valence-corrected chi connectivity index (χ2v) is 7.52. The Bertz CT molecular complexity index is 1110. The molecule has 160 valence electrons. The molecule has 4 rings (SSSR count). The van der Waals surface area contributed by atoms with Crippen molar-refractivity contribution in [2.24, 2.45) is 5.92 Å². The van der Waals surface area contributed by atoms with Crippen LogP contribution in [0, 0.1) is 5.92 Å². The Morgan fingerprint density at radius 1 is 1.03 bits per heavy atom. The maximum absolute atomic E-state index is 13.2. The number of carboxylic acids is 1. The number of carbonyl (C=O) groups is 1. The van der Waals surface area contributed by atoms with Crippen LogP contribution in [0.1, 0.15) is 33.2 Å². The van der Waals surface area contributed by atoms with Gasteiger partial charge in [0, 0.05) is 11.5 Å². The molecule has 0 saturated carbocycles. The topological polar surface area (TPSA) is 66.8 Å². The summed E-state index contributed by atoms with van der Waals surface area (Å²) in [5.41, 5.74) is 0.621. The molecule has 1 heterocycles. The van der Waals surface area contributed by atoms with Gasteiger partial charge in [-0.2, -0.15) is 13.2 Å². The fourth-order valence-corrected chi connectivity index (χ4v) is 3.85. The van der Waals surface area contributed by atoms with Crippen LogP contribution >= 0.6 is 0 Å². The van der Waals surface area contributed by atoms with Gasteiger partial charge < -0.3 is 14.9 Å². The molecular formula is C24H19F3O4. The smallest absolute Gasteiger partial charge is 0.416 e. The van der Waals surface area contributed by atoms with Gasteiger partial charge in [0.25, 0.3) is 0 Å². The zero-order valence-corrected chi connectivity index (χ0v) is 16.3. The lowest BCUT2D eigenvalue weighted by atomic mass is 9.87. The van der Waals surface area contributed by atoms with Gasteiger partial charge in [-0.25, -0.2) is 4.79 Å². The standard InChI is InChI=1S/C24H19F3O4/c25-24(26,27)17-7-9-18(23(29)30)20(12-17)15-6-8-19-21(11-15)31-13-16(22(19)28)10-14-4-2-1-3-5-14/h1-9,11-12,16,22,28H,10,13H2,(H,29,30)/t16?,22-/m1/s1. The van der Waals surface area contributed by atoms with Gasteiger partial charge in [-0.3, -0.25) is 0 Å². The molecule has 1 aliphatic heterocycles. The molecule has 4 nitrogen and oxygen atoms in total. The predicted octanol–water partition coefficient (Wildman–Crippen LogP) is 5.36. The highest BCUT2D eigenvalue weighted by molar-refractivity contribution is 5.96. The van der Waals surface area contributed by atoms with E-state index in [1.165, 1.54) is 12.1 Å². The average Bonchev–Trinajstić information content (AvgIpc) is 2.75. The van der Waals surface area contributed by atoms with Crippen molar-refractivity contribution in [1.82, 2.24) is 0 Å². The largest absolute Gasteiger partial charge is 0.493 e. The Morgan fingerprint density at radius 2 is 1.77 bits per heavy atom. The van der Waals surface area contributed by atoms with E-state index in [9.17, 15) is 28.2 Å². The fraction of sp³-hybridized carbons (Fsp3) is 0.208. The van der Waals surface area contributed by atoms with Crippen LogP contribution < -0.4 is 4.74 Å². The van der Waals surface area contributed by atoms with Crippen LogP contribution in [0.3, 0.4) is 0 Å². The third kappa shape index (κ3) is 4.27. The van der Waals surface area contributed by atoms with E-state index in [0.29, 0.717) is 17.7 Å². The summed E-state index contributed by atoms with van der Waals surface area (Å²) in [7, 11) is 0. The van der Waals surface area contributed by atoms with Crippen LogP contribution in [0.15, 0.2) is 66.7 Å². The van der Waals surface area contributed by atoms with Crippen molar-refractivity contribution in [3.63, 3.8) is 0 Å². The number of alkyl halides is 3. The number of halogens is 3.